The Balaban J connectivity index is 2.65. The molecule has 0 spiro atoms. The van der Waals surface area contributed by atoms with Gasteiger partial charge in [0.25, 0.3) is 0 Å². The van der Waals surface area contributed by atoms with Crippen molar-refractivity contribution in [2.75, 3.05) is 0 Å². The molecule has 1 aromatic heterocycles. The number of nitrogens with two attached hydrogens (primary N) is 1. The van der Waals surface area contributed by atoms with E-state index < -0.39 is 11.5 Å². The van der Waals surface area contributed by atoms with Crippen molar-refractivity contribution in [3.05, 3.63) is 48.3 Å². The molecule has 92 valence electrons. The third-order valence-corrected chi connectivity index (χ3v) is 2.73. The van der Waals surface area contributed by atoms with E-state index in [2.05, 4.69) is 17.3 Å². The van der Waals surface area contributed by atoms with E-state index in [4.69, 9.17) is 5.73 Å². The number of aliphatic carboxylic acids is 1. The van der Waals surface area contributed by atoms with Gasteiger partial charge in [-0.25, -0.2) is 4.79 Å². The van der Waals surface area contributed by atoms with Crippen LogP contribution in [0.1, 0.15) is 5.69 Å². The maximum absolute atomic E-state index is 11.3. The lowest BCUT2D eigenvalue weighted by Gasteiger charge is -2.17. The zero-order valence-corrected chi connectivity index (χ0v) is 9.47. The van der Waals surface area contributed by atoms with E-state index >= 15 is 0 Å². The molecule has 5 heteroatoms. The molecule has 0 aliphatic rings. The number of rotatable bonds is 3. The quantitative estimate of drug-likeness (QED) is 0.614. The topological polar surface area (TPSA) is 99.3 Å². The smallest absolute Gasteiger partial charge is 0.334 e. The van der Waals surface area contributed by atoms with E-state index in [9.17, 15) is 15.0 Å². The minimum absolute atomic E-state index is 0.102. The number of carboxylic acid groups (broad SMARTS) is 1. The number of aromatic nitrogens is 1. The first-order valence-corrected chi connectivity index (χ1v) is 5.19. The van der Waals surface area contributed by atoms with Crippen molar-refractivity contribution in [1.29, 1.82) is 0 Å². The van der Waals surface area contributed by atoms with Gasteiger partial charge in [0, 0.05) is 10.9 Å². The second-order valence-electron chi connectivity index (χ2n) is 3.98. The fraction of sp³-hybridized carbons (Fsp3) is 0.0769. The van der Waals surface area contributed by atoms with E-state index in [-0.39, 0.29) is 5.75 Å². The molecule has 2 aromatic rings. The molecule has 5 N–H and O–H groups in total. The molecule has 5 nitrogen and oxygen atoms in total. The van der Waals surface area contributed by atoms with Crippen LogP contribution < -0.4 is 5.73 Å². The number of aromatic amines is 1. The van der Waals surface area contributed by atoms with E-state index in [1.807, 2.05) is 0 Å². The zero-order chi connectivity index (χ0) is 13.3. The molecular formula is C13H12N2O3. The molecular weight excluding hydrogens is 232 g/mol. The van der Waals surface area contributed by atoms with Gasteiger partial charge in [-0.2, -0.15) is 0 Å². The van der Waals surface area contributed by atoms with Crippen molar-refractivity contribution in [2.45, 2.75) is 5.54 Å². The van der Waals surface area contributed by atoms with Crippen LogP contribution in [-0.4, -0.2) is 21.2 Å². The molecule has 0 radical (unpaired) electrons. The van der Waals surface area contributed by atoms with Gasteiger partial charge in [0.05, 0.1) is 5.69 Å². The first-order valence-electron chi connectivity index (χ1n) is 5.19. The first-order chi connectivity index (χ1) is 8.47. The summed E-state index contributed by atoms with van der Waals surface area (Å²) in [7, 11) is 0. The first kappa shape index (κ1) is 12.0. The molecule has 0 bridgehead atoms. The molecule has 0 amide bonds. The Morgan fingerprint density at radius 3 is 2.83 bits per heavy atom. The fourth-order valence-corrected chi connectivity index (χ4v) is 1.76. The van der Waals surface area contributed by atoms with Crippen LogP contribution in [0.4, 0.5) is 0 Å². The van der Waals surface area contributed by atoms with Crippen LogP contribution in [0.15, 0.2) is 42.7 Å². The molecule has 1 unspecified atom stereocenters. The van der Waals surface area contributed by atoms with Crippen LogP contribution in [0.5, 0.6) is 5.75 Å². The standard InChI is InChI=1S/C13H12N2O3/c1-2-5-13(14,12(17)18)11-7-8-6-9(16)3-4-10(8)15-11/h3-7,15-16H,1,14H2,(H,17,18). The minimum atomic E-state index is -1.71. The fourth-order valence-electron chi connectivity index (χ4n) is 1.76. The van der Waals surface area contributed by atoms with Crippen LogP contribution in [0.2, 0.25) is 0 Å². The van der Waals surface area contributed by atoms with E-state index in [1.54, 1.807) is 12.1 Å². The highest BCUT2D eigenvalue weighted by atomic mass is 16.4. The maximum Gasteiger partial charge on any atom is 0.334 e. The van der Waals surface area contributed by atoms with Crippen molar-refractivity contribution in [3.63, 3.8) is 0 Å². The van der Waals surface area contributed by atoms with Gasteiger partial charge in [0.2, 0.25) is 0 Å². The van der Waals surface area contributed by atoms with E-state index in [0.29, 0.717) is 16.6 Å². The Bertz CT molecular complexity index is 664. The number of carbonyl (C=O) groups is 1. The highest BCUT2D eigenvalue weighted by Crippen LogP contribution is 2.26. The molecule has 1 heterocycles. The summed E-state index contributed by atoms with van der Waals surface area (Å²) in [5, 5.41) is 19.2. The second kappa shape index (κ2) is 4.07. The van der Waals surface area contributed by atoms with Gasteiger partial charge in [0.15, 0.2) is 5.54 Å². The Kier molecular flexibility index (Phi) is 2.71. The van der Waals surface area contributed by atoms with Crippen LogP contribution in [0, 0.1) is 0 Å². The van der Waals surface area contributed by atoms with Gasteiger partial charge < -0.3 is 20.9 Å². The predicted octanol–water partition coefficient (Wildman–Crippen LogP) is 1.45. The summed E-state index contributed by atoms with van der Waals surface area (Å²) >= 11 is 0. The summed E-state index contributed by atoms with van der Waals surface area (Å²) in [5.41, 5.74) is 7.49. The number of carboxylic acids is 1. The highest BCUT2D eigenvalue weighted by molar-refractivity contribution is 5.88. The van der Waals surface area contributed by atoms with Gasteiger partial charge in [0.1, 0.15) is 5.75 Å². The highest BCUT2D eigenvalue weighted by Gasteiger charge is 2.35. The minimum Gasteiger partial charge on any atom is -0.508 e. The molecule has 0 saturated heterocycles. The summed E-state index contributed by atoms with van der Waals surface area (Å²) in [6.45, 7) is 3.34. The average molecular weight is 244 g/mol. The molecule has 0 fully saturated rings. The SMILES string of the molecule is C=C=CC(N)(C(=O)O)c1cc2cc(O)ccc2[nH]1. The number of hydrogen-bond donors (Lipinski definition) is 4. The lowest BCUT2D eigenvalue weighted by atomic mass is 9.97. The lowest BCUT2D eigenvalue weighted by molar-refractivity contribution is -0.141. The Hall–Kier alpha value is -2.49. The maximum atomic E-state index is 11.3. The molecule has 0 saturated carbocycles. The molecule has 0 aliphatic carbocycles. The number of nitrogens with one attached hydrogen (secondary N) is 1. The van der Waals surface area contributed by atoms with E-state index in [1.165, 1.54) is 18.2 Å². The number of aromatic hydroxyl groups is 1. The normalized spacial score (nSPS) is 13.8. The van der Waals surface area contributed by atoms with Crippen molar-refractivity contribution in [1.82, 2.24) is 4.98 Å². The summed E-state index contributed by atoms with van der Waals surface area (Å²) in [6, 6.07) is 6.26. The van der Waals surface area contributed by atoms with Gasteiger partial charge in [-0.1, -0.05) is 6.58 Å². The van der Waals surface area contributed by atoms with E-state index in [0.717, 1.165) is 0 Å². The number of hydrogen-bond acceptors (Lipinski definition) is 3. The Morgan fingerprint density at radius 2 is 2.22 bits per heavy atom. The molecule has 1 atom stereocenters. The van der Waals surface area contributed by atoms with Crippen molar-refractivity contribution in [3.8, 4) is 5.75 Å². The van der Waals surface area contributed by atoms with Crippen LogP contribution in [0.25, 0.3) is 10.9 Å². The largest absolute Gasteiger partial charge is 0.508 e. The average Bonchev–Trinajstić information content (AvgIpc) is 2.72. The Labute approximate surface area is 103 Å². The zero-order valence-electron chi connectivity index (χ0n) is 9.47. The summed E-state index contributed by atoms with van der Waals surface area (Å²) in [6.07, 6.45) is 1.18. The van der Waals surface area contributed by atoms with Crippen LogP contribution in [-0.2, 0) is 10.3 Å². The molecule has 2 rings (SSSR count). The van der Waals surface area contributed by atoms with Gasteiger partial charge >= 0.3 is 5.97 Å². The van der Waals surface area contributed by atoms with Gasteiger partial charge in [-0.05, 0) is 30.3 Å². The van der Waals surface area contributed by atoms with Gasteiger partial charge in [-0.3, -0.25) is 0 Å². The monoisotopic (exact) mass is 244 g/mol. The number of phenols is 1. The summed E-state index contributed by atoms with van der Waals surface area (Å²) in [4.78, 5) is 14.2. The van der Waals surface area contributed by atoms with Crippen molar-refractivity contribution >= 4 is 16.9 Å². The molecule has 0 aliphatic heterocycles. The number of fused-ring (bicyclic) bond motifs is 1. The van der Waals surface area contributed by atoms with Crippen molar-refractivity contribution < 1.29 is 15.0 Å². The third-order valence-electron chi connectivity index (χ3n) is 2.73. The van der Waals surface area contributed by atoms with Gasteiger partial charge in [-0.15, -0.1) is 5.73 Å². The van der Waals surface area contributed by atoms with Crippen molar-refractivity contribution in [2.24, 2.45) is 5.73 Å². The number of phenolic OH excluding ortho intramolecular Hbond substituents is 1. The molecule has 18 heavy (non-hydrogen) atoms. The third kappa shape index (κ3) is 1.78. The van der Waals surface area contributed by atoms with Crippen LogP contribution >= 0.6 is 0 Å². The summed E-state index contributed by atoms with van der Waals surface area (Å²) in [5.74, 6) is -1.11. The lowest BCUT2D eigenvalue weighted by Crippen LogP contribution is -2.43. The van der Waals surface area contributed by atoms with Crippen LogP contribution in [0.3, 0.4) is 0 Å². The molecule has 1 aromatic carbocycles. The second-order valence-corrected chi connectivity index (χ2v) is 3.98. The predicted molar refractivity (Wildman–Crippen MR) is 67.2 cm³/mol. The summed E-state index contributed by atoms with van der Waals surface area (Å²) < 4.78 is 0. The number of benzene rings is 1. The number of H-pyrrole nitrogens is 1. The Morgan fingerprint density at radius 1 is 1.50 bits per heavy atom.